The van der Waals surface area contributed by atoms with Crippen LogP contribution in [-0.4, -0.2) is 43.3 Å². The molecule has 1 N–H and O–H groups in total. The molecule has 3 rings (SSSR count). The van der Waals surface area contributed by atoms with Gasteiger partial charge < -0.3 is 10.1 Å². The average Bonchev–Trinajstić information content (AvgIpc) is 2.60. The van der Waals surface area contributed by atoms with Crippen molar-refractivity contribution < 1.29 is 27.1 Å². The van der Waals surface area contributed by atoms with Crippen molar-refractivity contribution in [3.63, 3.8) is 0 Å². The Morgan fingerprint density at radius 1 is 1.08 bits per heavy atom. The van der Waals surface area contributed by atoms with Crippen LogP contribution in [0.4, 0.5) is 10.1 Å². The van der Waals surface area contributed by atoms with Crippen molar-refractivity contribution in [1.82, 2.24) is 9.97 Å². The number of halogens is 1. The van der Waals surface area contributed by atoms with Gasteiger partial charge in [-0.25, -0.2) is 22.8 Å². The first-order valence-corrected chi connectivity index (χ1v) is 9.08. The fourth-order valence-corrected chi connectivity index (χ4v) is 3.41. The van der Waals surface area contributed by atoms with Gasteiger partial charge in [0.05, 0.1) is 7.11 Å². The number of ether oxygens (including phenoxy) is 1. The van der Waals surface area contributed by atoms with Crippen LogP contribution in [0.5, 0.6) is 5.75 Å². The lowest BCUT2D eigenvalue weighted by atomic mass is 10.0. The van der Waals surface area contributed by atoms with Crippen molar-refractivity contribution in [2.45, 2.75) is 0 Å². The van der Waals surface area contributed by atoms with E-state index in [-0.39, 0.29) is 22.8 Å². The molecule has 0 aliphatic heterocycles. The predicted octanol–water partition coefficient (Wildman–Crippen LogP) is 1.37. The molecular formula is C16H12FN3O5S. The first-order valence-electron chi connectivity index (χ1n) is 7.19. The van der Waals surface area contributed by atoms with Gasteiger partial charge in [0, 0.05) is 30.4 Å². The quantitative estimate of drug-likeness (QED) is 0.849. The lowest BCUT2D eigenvalue weighted by molar-refractivity contribution is 0.0974. The molecule has 0 saturated heterocycles. The number of nitrogens with zero attached hydrogens (tertiary/aromatic N) is 2. The first kappa shape index (κ1) is 17.7. The zero-order chi connectivity index (χ0) is 19.1. The van der Waals surface area contributed by atoms with Crippen LogP contribution in [0.25, 0.3) is 0 Å². The van der Waals surface area contributed by atoms with E-state index in [1.807, 2.05) is 0 Å². The normalized spacial score (nSPS) is 14.3. The molecular weight excluding hydrogens is 365 g/mol. The second-order valence-electron chi connectivity index (χ2n) is 5.36. The zero-order valence-corrected chi connectivity index (χ0v) is 14.4. The summed E-state index contributed by atoms with van der Waals surface area (Å²) in [6, 6.07) is 3.57. The summed E-state index contributed by atoms with van der Waals surface area (Å²) in [7, 11) is -2.82. The van der Waals surface area contributed by atoms with Crippen molar-refractivity contribution in [2.24, 2.45) is 0 Å². The van der Waals surface area contributed by atoms with Gasteiger partial charge in [-0.15, -0.1) is 0 Å². The summed E-state index contributed by atoms with van der Waals surface area (Å²) in [6.45, 7) is 0. The number of aromatic nitrogens is 2. The summed E-state index contributed by atoms with van der Waals surface area (Å²) in [5.74, 6) is -2.51. The Bertz CT molecular complexity index is 1080. The zero-order valence-electron chi connectivity index (χ0n) is 13.6. The highest BCUT2D eigenvalue weighted by Crippen LogP contribution is 2.29. The third-order valence-corrected chi connectivity index (χ3v) is 4.71. The van der Waals surface area contributed by atoms with Gasteiger partial charge in [-0.3, -0.25) is 9.59 Å². The minimum absolute atomic E-state index is 0.119. The number of nitrogens with one attached hydrogen (secondary N) is 1. The molecule has 1 heterocycles. The second-order valence-corrected chi connectivity index (χ2v) is 7.31. The molecule has 26 heavy (non-hydrogen) atoms. The minimum Gasteiger partial charge on any atom is -0.494 e. The van der Waals surface area contributed by atoms with E-state index in [0.29, 0.717) is 0 Å². The van der Waals surface area contributed by atoms with E-state index in [1.165, 1.54) is 31.6 Å². The molecule has 8 nitrogen and oxygen atoms in total. The van der Waals surface area contributed by atoms with E-state index in [1.54, 1.807) is 0 Å². The summed E-state index contributed by atoms with van der Waals surface area (Å²) in [5.41, 5.74) is -0.909. The van der Waals surface area contributed by atoms with Crippen LogP contribution in [0.15, 0.2) is 41.2 Å². The van der Waals surface area contributed by atoms with Gasteiger partial charge in [-0.1, -0.05) is 0 Å². The number of rotatable bonds is 4. The van der Waals surface area contributed by atoms with E-state index in [4.69, 9.17) is 4.74 Å². The number of carbonyl (C=O) groups excluding carboxylic acids is 2. The Hall–Kier alpha value is -3.14. The fourth-order valence-electron chi connectivity index (χ4n) is 2.46. The lowest BCUT2D eigenvalue weighted by Crippen LogP contribution is -2.31. The van der Waals surface area contributed by atoms with Crippen LogP contribution >= 0.6 is 0 Å². The monoisotopic (exact) mass is 377 g/mol. The highest BCUT2D eigenvalue weighted by atomic mass is 32.2. The molecule has 0 spiro atoms. The van der Waals surface area contributed by atoms with Crippen molar-refractivity contribution >= 4 is 27.1 Å². The van der Waals surface area contributed by atoms with Gasteiger partial charge in [0.2, 0.25) is 11.6 Å². The van der Waals surface area contributed by atoms with Gasteiger partial charge >= 0.3 is 0 Å². The smallest absolute Gasteiger partial charge is 0.231 e. The van der Waals surface area contributed by atoms with Crippen molar-refractivity contribution in [3.05, 3.63) is 58.4 Å². The molecule has 0 amide bonds. The molecule has 0 radical (unpaired) electrons. The van der Waals surface area contributed by atoms with E-state index in [0.717, 1.165) is 12.3 Å². The highest BCUT2D eigenvalue weighted by Gasteiger charge is 2.39. The number of carbonyl (C=O) groups is 2. The number of fused-ring (bicyclic) bond motifs is 1. The van der Waals surface area contributed by atoms with Crippen LogP contribution in [-0.2, 0) is 9.84 Å². The van der Waals surface area contributed by atoms with Crippen LogP contribution in [0.1, 0.15) is 21.0 Å². The van der Waals surface area contributed by atoms with E-state index >= 15 is 0 Å². The first-order chi connectivity index (χ1) is 12.2. The SMILES string of the molecule is COc1cc(NC2=C(S(C)(=O)=O)C(=O)c3nccnc3C2=O)ccc1F. The Morgan fingerprint density at radius 2 is 1.69 bits per heavy atom. The molecule has 2 aromatic rings. The molecule has 0 unspecified atom stereocenters. The topological polar surface area (TPSA) is 115 Å². The maximum Gasteiger partial charge on any atom is 0.231 e. The van der Waals surface area contributed by atoms with Gasteiger partial charge in [0.15, 0.2) is 21.4 Å². The lowest BCUT2D eigenvalue weighted by Gasteiger charge is -2.19. The standard InChI is InChI=1S/C16H12FN3O5S/c1-25-10-7-8(3-4-9(10)17)20-13-14(21)11-12(19-6-5-18-11)15(22)16(13)26(2,23)24/h3-7,20H,1-2H3. The van der Waals surface area contributed by atoms with Crippen LogP contribution < -0.4 is 10.1 Å². The molecule has 134 valence electrons. The minimum atomic E-state index is -4.07. The molecule has 1 aromatic carbocycles. The van der Waals surface area contributed by atoms with Crippen molar-refractivity contribution in [1.29, 1.82) is 0 Å². The highest BCUT2D eigenvalue weighted by molar-refractivity contribution is 7.95. The second kappa shape index (κ2) is 6.30. The molecule has 1 aliphatic rings. The van der Waals surface area contributed by atoms with Crippen molar-refractivity contribution in [3.8, 4) is 5.75 Å². The third kappa shape index (κ3) is 2.94. The van der Waals surface area contributed by atoms with E-state index in [9.17, 15) is 22.4 Å². The summed E-state index contributed by atoms with van der Waals surface area (Å²) >= 11 is 0. The number of Topliss-reactive ketones (excluding diaryl/α,β-unsaturated/α-hetero) is 2. The number of anilines is 1. The Morgan fingerprint density at radius 3 is 2.27 bits per heavy atom. The predicted molar refractivity (Wildman–Crippen MR) is 89.1 cm³/mol. The van der Waals surface area contributed by atoms with Crippen LogP contribution in [0, 0.1) is 5.82 Å². The van der Waals surface area contributed by atoms with Crippen LogP contribution in [0.3, 0.4) is 0 Å². The number of benzene rings is 1. The Kier molecular flexibility index (Phi) is 4.28. The fraction of sp³-hybridized carbons (Fsp3) is 0.125. The molecule has 10 heteroatoms. The van der Waals surface area contributed by atoms with Crippen LogP contribution in [0.2, 0.25) is 0 Å². The average molecular weight is 377 g/mol. The van der Waals surface area contributed by atoms with Gasteiger partial charge in [0.25, 0.3) is 0 Å². The molecule has 1 aromatic heterocycles. The largest absolute Gasteiger partial charge is 0.494 e. The Labute approximate surface area is 147 Å². The number of allylic oxidation sites excluding steroid dienone is 2. The molecule has 0 saturated carbocycles. The number of sulfone groups is 1. The van der Waals surface area contributed by atoms with Crippen molar-refractivity contribution in [2.75, 3.05) is 18.7 Å². The Balaban J connectivity index is 2.18. The van der Waals surface area contributed by atoms with Gasteiger partial charge in [-0.05, 0) is 12.1 Å². The number of hydrogen-bond acceptors (Lipinski definition) is 8. The summed E-state index contributed by atoms with van der Waals surface area (Å²) in [5, 5.41) is 2.58. The maximum atomic E-state index is 13.6. The molecule has 0 fully saturated rings. The number of hydrogen-bond donors (Lipinski definition) is 1. The maximum absolute atomic E-state index is 13.6. The number of ketones is 2. The molecule has 0 atom stereocenters. The van der Waals surface area contributed by atoms with E-state index < -0.39 is 37.8 Å². The molecule has 1 aliphatic carbocycles. The number of methoxy groups -OCH3 is 1. The van der Waals surface area contributed by atoms with Gasteiger partial charge in [-0.2, -0.15) is 0 Å². The summed E-state index contributed by atoms with van der Waals surface area (Å²) in [4.78, 5) is 32.1. The summed E-state index contributed by atoms with van der Waals surface area (Å²) < 4.78 is 42.7. The van der Waals surface area contributed by atoms with E-state index in [2.05, 4.69) is 15.3 Å². The summed E-state index contributed by atoms with van der Waals surface area (Å²) in [6.07, 6.45) is 3.21. The van der Waals surface area contributed by atoms with Gasteiger partial charge in [0.1, 0.15) is 22.0 Å². The third-order valence-electron chi connectivity index (χ3n) is 3.58. The molecule has 0 bridgehead atoms.